The third-order valence-corrected chi connectivity index (χ3v) is 8.18. The third kappa shape index (κ3) is 4.32. The highest BCUT2D eigenvalue weighted by atomic mass is 35.5. The van der Waals surface area contributed by atoms with Crippen LogP contribution in [0.25, 0.3) is 0 Å². The molecule has 5 rings (SSSR count). The number of amides is 1. The summed E-state index contributed by atoms with van der Waals surface area (Å²) in [6, 6.07) is 11.4. The van der Waals surface area contributed by atoms with E-state index in [2.05, 4.69) is 31.4 Å². The van der Waals surface area contributed by atoms with Gasteiger partial charge in [-0.25, -0.2) is 0 Å². The maximum absolute atomic E-state index is 14.0. The molecule has 1 aliphatic carbocycles. The summed E-state index contributed by atoms with van der Waals surface area (Å²) in [5.41, 5.74) is -0.545. The van der Waals surface area contributed by atoms with Gasteiger partial charge < -0.3 is 20.5 Å². The molecule has 0 aromatic heterocycles. The minimum Gasteiger partial charge on any atom is -0.425 e. The van der Waals surface area contributed by atoms with Crippen LogP contribution in [-0.4, -0.2) is 40.7 Å². The molecule has 36 heavy (non-hydrogen) atoms. The van der Waals surface area contributed by atoms with E-state index in [1.165, 1.54) is 0 Å². The van der Waals surface area contributed by atoms with E-state index in [9.17, 15) is 14.7 Å². The molecule has 0 radical (unpaired) electrons. The van der Waals surface area contributed by atoms with Gasteiger partial charge in [0.15, 0.2) is 0 Å². The molecule has 0 unspecified atom stereocenters. The number of ether oxygens (including phenoxy) is 1. The van der Waals surface area contributed by atoms with Crippen LogP contribution >= 0.6 is 23.2 Å². The average Bonchev–Trinajstić information content (AvgIpc) is 3.21. The Balaban J connectivity index is 1.66. The zero-order valence-electron chi connectivity index (χ0n) is 20.9. The molecule has 8 heteroatoms. The van der Waals surface area contributed by atoms with Gasteiger partial charge >= 0.3 is 5.97 Å². The van der Waals surface area contributed by atoms with Gasteiger partial charge in [-0.3, -0.25) is 9.59 Å². The van der Waals surface area contributed by atoms with Crippen LogP contribution in [0.3, 0.4) is 0 Å². The van der Waals surface area contributed by atoms with Gasteiger partial charge in [-0.05, 0) is 61.4 Å². The molecule has 4 atom stereocenters. The van der Waals surface area contributed by atoms with E-state index < -0.39 is 28.9 Å². The van der Waals surface area contributed by atoms with Crippen molar-refractivity contribution >= 4 is 35.1 Å². The summed E-state index contributed by atoms with van der Waals surface area (Å²) in [7, 11) is 0. The standard InChI is InChI=1S/C28H32Cl2N2O4/c1-26(2,3)14-21-28(19-9-8-17(30)11-20(19)36-25(28)34)22(15-6-5-7-16(29)10-15)23(32-21)24(33)31-18-12-27(4,35)13-18/h5-11,18,21-23,32,35H,12-14H2,1-4H3,(H,31,33)/t18?,21-,22+,23-,27?,28+/m1/s1. The van der Waals surface area contributed by atoms with Gasteiger partial charge in [0.05, 0.1) is 11.6 Å². The highest BCUT2D eigenvalue weighted by molar-refractivity contribution is 6.31. The Kier molecular flexibility index (Phi) is 6.19. The molecule has 1 amide bonds. The van der Waals surface area contributed by atoms with Gasteiger partial charge in [-0.2, -0.15) is 0 Å². The lowest BCUT2D eigenvalue weighted by Crippen LogP contribution is -2.57. The number of aliphatic hydroxyl groups is 1. The largest absolute Gasteiger partial charge is 0.425 e. The van der Waals surface area contributed by atoms with Crippen molar-refractivity contribution < 1.29 is 19.4 Å². The summed E-state index contributed by atoms with van der Waals surface area (Å²) in [5, 5.41) is 17.8. The van der Waals surface area contributed by atoms with Crippen molar-refractivity contribution in [2.75, 3.05) is 0 Å². The summed E-state index contributed by atoms with van der Waals surface area (Å²) >= 11 is 12.7. The van der Waals surface area contributed by atoms with E-state index in [0.29, 0.717) is 35.1 Å². The molecule has 2 fully saturated rings. The molecule has 3 aliphatic rings. The van der Waals surface area contributed by atoms with Crippen molar-refractivity contribution in [3.63, 3.8) is 0 Å². The van der Waals surface area contributed by atoms with Crippen molar-refractivity contribution in [3.8, 4) is 5.75 Å². The molecule has 1 saturated carbocycles. The van der Waals surface area contributed by atoms with E-state index in [1.54, 1.807) is 25.1 Å². The number of benzene rings is 2. The first-order valence-electron chi connectivity index (χ1n) is 12.4. The third-order valence-electron chi connectivity index (χ3n) is 7.71. The number of carbonyl (C=O) groups is 2. The fourth-order valence-electron chi connectivity index (χ4n) is 6.37. The second-order valence-corrected chi connectivity index (χ2v) is 12.9. The minimum atomic E-state index is -1.15. The molecule has 1 saturated heterocycles. The predicted octanol–water partition coefficient (Wildman–Crippen LogP) is 4.74. The number of nitrogens with one attached hydrogen (secondary N) is 2. The van der Waals surface area contributed by atoms with Crippen LogP contribution < -0.4 is 15.4 Å². The zero-order valence-corrected chi connectivity index (χ0v) is 22.4. The Morgan fingerprint density at radius 3 is 2.50 bits per heavy atom. The topological polar surface area (TPSA) is 87.7 Å². The molecule has 3 N–H and O–H groups in total. The molecule has 2 aromatic carbocycles. The Labute approximate surface area is 221 Å². The van der Waals surface area contributed by atoms with Crippen LogP contribution in [0.4, 0.5) is 0 Å². The van der Waals surface area contributed by atoms with Gasteiger partial charge in [-0.1, -0.05) is 62.2 Å². The molecule has 1 spiro atoms. The molecule has 6 nitrogen and oxygen atoms in total. The molecule has 192 valence electrons. The van der Waals surface area contributed by atoms with Crippen molar-refractivity contribution in [1.29, 1.82) is 0 Å². The first-order valence-corrected chi connectivity index (χ1v) is 13.1. The summed E-state index contributed by atoms with van der Waals surface area (Å²) < 4.78 is 5.86. The SMILES string of the molecule is CC(C)(C)C[C@H]1N[C@@H](C(=O)NC2CC(C)(O)C2)[C@H](c2cccc(Cl)c2)[C@@]12C(=O)Oc1cc(Cl)ccc12. The van der Waals surface area contributed by atoms with Gasteiger partial charge in [0.2, 0.25) is 5.91 Å². The van der Waals surface area contributed by atoms with Crippen molar-refractivity contribution in [3.05, 3.63) is 63.6 Å². The smallest absolute Gasteiger partial charge is 0.324 e. The number of fused-ring (bicyclic) bond motifs is 2. The predicted molar refractivity (Wildman–Crippen MR) is 140 cm³/mol. The Morgan fingerprint density at radius 2 is 1.86 bits per heavy atom. The lowest BCUT2D eigenvalue weighted by Gasteiger charge is -2.42. The van der Waals surface area contributed by atoms with Crippen LogP contribution in [-0.2, 0) is 15.0 Å². The van der Waals surface area contributed by atoms with Crippen molar-refractivity contribution in [2.45, 2.75) is 82.0 Å². The number of rotatable bonds is 4. The lowest BCUT2D eigenvalue weighted by atomic mass is 9.62. The molecule has 2 aromatic rings. The maximum Gasteiger partial charge on any atom is 0.324 e. The number of hydrogen-bond acceptors (Lipinski definition) is 5. The maximum atomic E-state index is 14.0. The number of carbonyl (C=O) groups excluding carboxylic acids is 2. The summed E-state index contributed by atoms with van der Waals surface area (Å²) in [6.45, 7) is 8.11. The van der Waals surface area contributed by atoms with E-state index in [0.717, 1.165) is 11.1 Å². The zero-order chi connectivity index (χ0) is 26.0. The van der Waals surface area contributed by atoms with E-state index in [-0.39, 0.29) is 23.4 Å². The summed E-state index contributed by atoms with van der Waals surface area (Å²) in [6.07, 6.45) is 1.61. The average molecular weight is 531 g/mol. The molecule has 2 aliphatic heterocycles. The van der Waals surface area contributed by atoms with E-state index >= 15 is 0 Å². The fraction of sp³-hybridized carbons (Fsp3) is 0.500. The summed E-state index contributed by atoms with van der Waals surface area (Å²) in [5.74, 6) is -0.741. The van der Waals surface area contributed by atoms with E-state index in [4.69, 9.17) is 27.9 Å². The van der Waals surface area contributed by atoms with Gasteiger partial charge in [0, 0.05) is 33.6 Å². The van der Waals surface area contributed by atoms with Gasteiger partial charge in [0.25, 0.3) is 0 Å². The van der Waals surface area contributed by atoms with Crippen LogP contribution in [0.1, 0.15) is 64.0 Å². The van der Waals surface area contributed by atoms with Crippen LogP contribution in [0.2, 0.25) is 10.0 Å². The van der Waals surface area contributed by atoms with Gasteiger partial charge in [0.1, 0.15) is 11.2 Å². The first kappa shape index (κ1) is 25.5. The Bertz CT molecular complexity index is 1220. The Morgan fingerprint density at radius 1 is 1.17 bits per heavy atom. The number of hydrogen-bond donors (Lipinski definition) is 3. The minimum absolute atomic E-state index is 0.117. The lowest BCUT2D eigenvalue weighted by molar-refractivity contribution is -0.139. The van der Waals surface area contributed by atoms with Crippen molar-refractivity contribution in [1.82, 2.24) is 10.6 Å². The van der Waals surface area contributed by atoms with Crippen LogP contribution in [0.15, 0.2) is 42.5 Å². The molecular formula is C28H32Cl2N2O4. The van der Waals surface area contributed by atoms with Crippen molar-refractivity contribution in [2.24, 2.45) is 5.41 Å². The fourth-order valence-corrected chi connectivity index (χ4v) is 6.74. The van der Waals surface area contributed by atoms with Gasteiger partial charge in [-0.15, -0.1) is 0 Å². The number of esters is 1. The Hall–Kier alpha value is -2.12. The first-order chi connectivity index (χ1) is 16.8. The van der Waals surface area contributed by atoms with Crippen LogP contribution in [0.5, 0.6) is 5.75 Å². The van der Waals surface area contributed by atoms with E-state index in [1.807, 2.05) is 24.3 Å². The molecular weight excluding hydrogens is 499 g/mol. The second-order valence-electron chi connectivity index (χ2n) is 12.0. The molecule has 2 heterocycles. The highest BCUT2D eigenvalue weighted by Crippen LogP contribution is 2.57. The van der Waals surface area contributed by atoms with Crippen LogP contribution in [0, 0.1) is 5.41 Å². The molecule has 0 bridgehead atoms. The highest BCUT2D eigenvalue weighted by Gasteiger charge is 2.67. The quantitative estimate of drug-likeness (QED) is 0.392. The normalized spacial score (nSPS) is 33.2. The second kappa shape index (κ2) is 8.73. The summed E-state index contributed by atoms with van der Waals surface area (Å²) in [4.78, 5) is 27.8. The monoisotopic (exact) mass is 530 g/mol. The number of halogens is 2.